The Balaban J connectivity index is 2.02. The number of hydrogen-bond acceptors (Lipinski definition) is 2. The molecule has 1 aromatic carbocycles. The standard InChI is InChI=1S/C13H16INO2/c1-2-13(5-6-13)8-15-12(17)10-7-9(14)3-4-11(10)16/h3-4,7,16H,2,5-6,8H2,1H3,(H,15,17). The van der Waals surface area contributed by atoms with Crippen molar-refractivity contribution in [2.24, 2.45) is 5.41 Å². The number of hydrogen-bond donors (Lipinski definition) is 2. The summed E-state index contributed by atoms with van der Waals surface area (Å²) >= 11 is 2.13. The Kier molecular flexibility index (Phi) is 3.61. The molecule has 0 heterocycles. The summed E-state index contributed by atoms with van der Waals surface area (Å²) in [4.78, 5) is 11.9. The molecule has 4 heteroatoms. The van der Waals surface area contributed by atoms with Crippen LogP contribution in [0.1, 0.15) is 36.5 Å². The van der Waals surface area contributed by atoms with Crippen LogP contribution in [0.2, 0.25) is 0 Å². The zero-order chi connectivity index (χ0) is 12.5. The molecule has 1 saturated carbocycles. The molecule has 0 aliphatic heterocycles. The van der Waals surface area contributed by atoms with E-state index in [1.807, 2.05) is 0 Å². The fourth-order valence-electron chi connectivity index (χ4n) is 1.89. The first-order chi connectivity index (χ1) is 8.06. The highest BCUT2D eigenvalue weighted by Gasteiger charge is 2.40. The summed E-state index contributed by atoms with van der Waals surface area (Å²) in [6.07, 6.45) is 3.50. The third-order valence-electron chi connectivity index (χ3n) is 3.53. The van der Waals surface area contributed by atoms with E-state index in [0.29, 0.717) is 17.5 Å². The number of amides is 1. The van der Waals surface area contributed by atoms with Crippen molar-refractivity contribution < 1.29 is 9.90 Å². The molecule has 0 radical (unpaired) electrons. The lowest BCUT2D eigenvalue weighted by molar-refractivity contribution is 0.0941. The normalized spacial score (nSPS) is 16.6. The fourth-order valence-corrected chi connectivity index (χ4v) is 2.38. The van der Waals surface area contributed by atoms with Crippen molar-refractivity contribution in [2.45, 2.75) is 26.2 Å². The number of halogens is 1. The molecular weight excluding hydrogens is 329 g/mol. The zero-order valence-electron chi connectivity index (χ0n) is 9.79. The van der Waals surface area contributed by atoms with Gasteiger partial charge in [0.2, 0.25) is 0 Å². The van der Waals surface area contributed by atoms with E-state index in [2.05, 4.69) is 34.8 Å². The van der Waals surface area contributed by atoms with Gasteiger partial charge in [-0.15, -0.1) is 0 Å². The summed E-state index contributed by atoms with van der Waals surface area (Å²) in [6.45, 7) is 2.87. The number of carbonyl (C=O) groups is 1. The van der Waals surface area contributed by atoms with Gasteiger partial charge in [-0.2, -0.15) is 0 Å². The summed E-state index contributed by atoms with van der Waals surface area (Å²) in [7, 11) is 0. The van der Waals surface area contributed by atoms with Crippen LogP contribution in [-0.2, 0) is 0 Å². The van der Waals surface area contributed by atoms with E-state index in [1.54, 1.807) is 18.2 Å². The summed E-state index contributed by atoms with van der Waals surface area (Å²) < 4.78 is 0.946. The third-order valence-corrected chi connectivity index (χ3v) is 4.21. The molecule has 0 saturated heterocycles. The average molecular weight is 345 g/mol. The molecule has 0 bridgehead atoms. The molecule has 1 aliphatic carbocycles. The van der Waals surface area contributed by atoms with Gasteiger partial charge >= 0.3 is 0 Å². The maximum Gasteiger partial charge on any atom is 0.255 e. The molecule has 3 nitrogen and oxygen atoms in total. The highest BCUT2D eigenvalue weighted by Crippen LogP contribution is 2.47. The van der Waals surface area contributed by atoms with Crippen molar-refractivity contribution in [1.82, 2.24) is 5.32 Å². The number of nitrogens with one attached hydrogen (secondary N) is 1. The van der Waals surface area contributed by atoms with Crippen molar-refractivity contribution in [1.29, 1.82) is 0 Å². The molecule has 1 amide bonds. The molecular formula is C13H16INO2. The number of benzene rings is 1. The van der Waals surface area contributed by atoms with Crippen molar-refractivity contribution in [3.63, 3.8) is 0 Å². The SMILES string of the molecule is CCC1(CNC(=O)c2cc(I)ccc2O)CC1. The molecule has 0 unspecified atom stereocenters. The lowest BCUT2D eigenvalue weighted by Crippen LogP contribution is -2.30. The maximum atomic E-state index is 11.9. The molecule has 17 heavy (non-hydrogen) atoms. The lowest BCUT2D eigenvalue weighted by atomic mass is 10.0. The van der Waals surface area contributed by atoms with Crippen molar-refractivity contribution in [2.75, 3.05) is 6.54 Å². The fraction of sp³-hybridized carbons (Fsp3) is 0.462. The molecule has 0 spiro atoms. The van der Waals surface area contributed by atoms with Gasteiger partial charge in [-0.05, 0) is 65.5 Å². The van der Waals surface area contributed by atoms with Crippen LogP contribution >= 0.6 is 22.6 Å². The Morgan fingerprint density at radius 3 is 2.82 bits per heavy atom. The van der Waals surface area contributed by atoms with Crippen LogP contribution in [0, 0.1) is 8.99 Å². The summed E-state index contributed by atoms with van der Waals surface area (Å²) in [5.41, 5.74) is 0.691. The van der Waals surface area contributed by atoms with Gasteiger partial charge in [0.15, 0.2) is 0 Å². The second-order valence-corrected chi connectivity index (χ2v) is 5.94. The van der Waals surface area contributed by atoms with Crippen LogP contribution in [0.5, 0.6) is 5.75 Å². The van der Waals surface area contributed by atoms with E-state index in [1.165, 1.54) is 12.8 Å². The van der Waals surface area contributed by atoms with Crippen LogP contribution in [0.4, 0.5) is 0 Å². The monoisotopic (exact) mass is 345 g/mol. The first-order valence-corrected chi connectivity index (χ1v) is 6.91. The van der Waals surface area contributed by atoms with E-state index < -0.39 is 0 Å². The molecule has 2 rings (SSSR count). The molecule has 1 aliphatic rings. The predicted molar refractivity (Wildman–Crippen MR) is 75.1 cm³/mol. The number of phenols is 1. The second kappa shape index (κ2) is 4.84. The summed E-state index contributed by atoms with van der Waals surface area (Å²) in [5, 5.41) is 12.6. The van der Waals surface area contributed by atoms with Gasteiger partial charge in [0.25, 0.3) is 5.91 Å². The van der Waals surface area contributed by atoms with Gasteiger partial charge in [-0.3, -0.25) is 4.79 Å². The average Bonchev–Trinajstić information content (AvgIpc) is 3.10. The minimum atomic E-state index is -0.180. The molecule has 1 aromatic rings. The van der Waals surface area contributed by atoms with Gasteiger partial charge in [0.05, 0.1) is 5.56 Å². The number of phenolic OH excluding ortho intramolecular Hbond substituents is 1. The van der Waals surface area contributed by atoms with Gasteiger partial charge < -0.3 is 10.4 Å². The van der Waals surface area contributed by atoms with Gasteiger partial charge in [-0.25, -0.2) is 0 Å². The smallest absolute Gasteiger partial charge is 0.255 e. The Hall–Kier alpha value is -0.780. The predicted octanol–water partition coefficient (Wildman–Crippen LogP) is 2.92. The number of aromatic hydroxyl groups is 1. The van der Waals surface area contributed by atoms with E-state index in [-0.39, 0.29) is 11.7 Å². The minimum Gasteiger partial charge on any atom is -0.507 e. The third kappa shape index (κ3) is 2.91. The van der Waals surface area contributed by atoms with E-state index in [9.17, 15) is 9.90 Å². The first kappa shape index (κ1) is 12.7. The van der Waals surface area contributed by atoms with Crippen molar-refractivity contribution >= 4 is 28.5 Å². The maximum absolute atomic E-state index is 11.9. The molecule has 2 N–H and O–H groups in total. The van der Waals surface area contributed by atoms with Crippen molar-refractivity contribution in [3.8, 4) is 5.75 Å². The minimum absolute atomic E-state index is 0.0456. The van der Waals surface area contributed by atoms with E-state index in [4.69, 9.17) is 0 Å². The number of carbonyl (C=O) groups excluding carboxylic acids is 1. The van der Waals surface area contributed by atoms with E-state index in [0.717, 1.165) is 9.99 Å². The van der Waals surface area contributed by atoms with Crippen LogP contribution in [0.3, 0.4) is 0 Å². The quantitative estimate of drug-likeness (QED) is 0.825. The lowest BCUT2D eigenvalue weighted by Gasteiger charge is -2.14. The first-order valence-electron chi connectivity index (χ1n) is 5.83. The topological polar surface area (TPSA) is 49.3 Å². The molecule has 0 atom stereocenters. The Labute approximate surface area is 115 Å². The Bertz CT molecular complexity index is 441. The Morgan fingerprint density at radius 1 is 1.53 bits per heavy atom. The summed E-state index contributed by atoms with van der Waals surface area (Å²) in [5.74, 6) is -0.134. The molecule has 92 valence electrons. The van der Waals surface area contributed by atoms with Gasteiger partial charge in [0.1, 0.15) is 5.75 Å². The van der Waals surface area contributed by atoms with Gasteiger partial charge in [-0.1, -0.05) is 6.92 Å². The highest BCUT2D eigenvalue weighted by atomic mass is 127. The van der Waals surface area contributed by atoms with Gasteiger partial charge in [0, 0.05) is 10.1 Å². The molecule has 0 aromatic heterocycles. The Morgan fingerprint density at radius 2 is 2.24 bits per heavy atom. The number of rotatable bonds is 4. The van der Waals surface area contributed by atoms with Crippen LogP contribution in [0.15, 0.2) is 18.2 Å². The highest BCUT2D eigenvalue weighted by molar-refractivity contribution is 14.1. The van der Waals surface area contributed by atoms with Crippen LogP contribution in [0.25, 0.3) is 0 Å². The van der Waals surface area contributed by atoms with Crippen LogP contribution < -0.4 is 5.32 Å². The van der Waals surface area contributed by atoms with Crippen molar-refractivity contribution in [3.05, 3.63) is 27.3 Å². The van der Waals surface area contributed by atoms with E-state index >= 15 is 0 Å². The van der Waals surface area contributed by atoms with Crippen LogP contribution in [-0.4, -0.2) is 17.6 Å². The summed E-state index contributed by atoms with van der Waals surface area (Å²) in [6, 6.07) is 5.04. The molecule has 1 fully saturated rings. The zero-order valence-corrected chi connectivity index (χ0v) is 12.0. The largest absolute Gasteiger partial charge is 0.507 e. The second-order valence-electron chi connectivity index (χ2n) is 4.70.